The minimum atomic E-state index is -0.550. The zero-order chi connectivity index (χ0) is 19.8. The molecule has 142 valence electrons. The van der Waals surface area contributed by atoms with Gasteiger partial charge in [0.05, 0.1) is 11.1 Å². The second-order valence-electron chi connectivity index (χ2n) is 7.51. The average Bonchev–Trinajstić information content (AvgIpc) is 3.07. The summed E-state index contributed by atoms with van der Waals surface area (Å²) in [6.07, 6.45) is 5.22. The normalized spacial score (nSPS) is 14.8. The Morgan fingerprint density at radius 2 is 1.24 bits per heavy atom. The van der Waals surface area contributed by atoms with E-state index >= 15 is 0 Å². The molecular formula is C26H20O3. The number of ether oxygens (including phenoxy) is 1. The fourth-order valence-corrected chi connectivity index (χ4v) is 4.38. The molecule has 29 heavy (non-hydrogen) atoms. The largest absolute Gasteiger partial charge is 0.386 e. The molecule has 0 radical (unpaired) electrons. The highest BCUT2D eigenvalue weighted by molar-refractivity contribution is 6.14. The smallest absolute Gasteiger partial charge is 0.346 e. The van der Waals surface area contributed by atoms with E-state index in [0.29, 0.717) is 11.1 Å². The van der Waals surface area contributed by atoms with E-state index < -0.39 is 11.9 Å². The standard InChI is InChI=1S/C18H16.C8H4O3/c1-3-7-15-13(5-1)9-11-18-16-8-4-2-6-14(16)10-12-17(15)18;9-7-5-3-1-2-4-6(5)8(10)11-7/h1,3,5,7,9-12H,2,4,6,8H2;1-4H. The summed E-state index contributed by atoms with van der Waals surface area (Å²) in [5, 5.41) is 5.64. The van der Waals surface area contributed by atoms with Crippen molar-refractivity contribution in [3.63, 3.8) is 0 Å². The van der Waals surface area contributed by atoms with Crippen LogP contribution in [-0.2, 0) is 17.6 Å². The Morgan fingerprint density at radius 3 is 2.03 bits per heavy atom. The number of hydrogen-bond donors (Lipinski definition) is 0. The lowest BCUT2D eigenvalue weighted by Gasteiger charge is -2.18. The van der Waals surface area contributed by atoms with E-state index in [1.165, 1.54) is 47.2 Å². The van der Waals surface area contributed by atoms with Crippen LogP contribution >= 0.6 is 0 Å². The van der Waals surface area contributed by atoms with Crippen molar-refractivity contribution in [2.75, 3.05) is 0 Å². The predicted molar refractivity (Wildman–Crippen MR) is 114 cm³/mol. The van der Waals surface area contributed by atoms with E-state index in [0.717, 1.165) is 0 Å². The number of benzene rings is 4. The highest BCUT2D eigenvalue weighted by atomic mass is 16.6. The number of carbonyl (C=O) groups excluding carboxylic acids is 2. The van der Waals surface area contributed by atoms with Gasteiger partial charge in [0, 0.05) is 0 Å². The number of carbonyl (C=O) groups is 2. The van der Waals surface area contributed by atoms with Crippen LogP contribution in [0.5, 0.6) is 0 Å². The molecule has 0 aromatic heterocycles. The maximum Gasteiger partial charge on any atom is 0.346 e. The fraction of sp³-hybridized carbons (Fsp3) is 0.154. The summed E-state index contributed by atoms with van der Waals surface area (Å²) in [4.78, 5) is 21.7. The highest BCUT2D eigenvalue weighted by Crippen LogP contribution is 2.33. The third-order valence-electron chi connectivity index (χ3n) is 5.81. The summed E-state index contributed by atoms with van der Waals surface area (Å²) < 4.78 is 4.35. The molecule has 0 bridgehead atoms. The van der Waals surface area contributed by atoms with Crippen molar-refractivity contribution in [2.24, 2.45) is 0 Å². The predicted octanol–water partition coefficient (Wildman–Crippen LogP) is 5.87. The molecule has 0 saturated carbocycles. The molecule has 6 rings (SSSR count). The van der Waals surface area contributed by atoms with E-state index in [4.69, 9.17) is 0 Å². The third kappa shape index (κ3) is 3.09. The van der Waals surface area contributed by atoms with Gasteiger partial charge in [0.2, 0.25) is 0 Å². The summed E-state index contributed by atoms with van der Waals surface area (Å²) in [7, 11) is 0. The number of aryl methyl sites for hydroxylation is 2. The molecule has 4 aromatic rings. The zero-order valence-electron chi connectivity index (χ0n) is 16.0. The van der Waals surface area contributed by atoms with Gasteiger partial charge < -0.3 is 4.74 Å². The van der Waals surface area contributed by atoms with E-state index in [1.54, 1.807) is 35.4 Å². The Morgan fingerprint density at radius 1 is 0.586 bits per heavy atom. The van der Waals surface area contributed by atoms with Gasteiger partial charge in [0.15, 0.2) is 0 Å². The average molecular weight is 380 g/mol. The molecule has 1 aliphatic carbocycles. The Labute approximate surface area is 168 Å². The van der Waals surface area contributed by atoms with Gasteiger partial charge in [-0.1, -0.05) is 60.7 Å². The van der Waals surface area contributed by atoms with Crippen molar-refractivity contribution in [2.45, 2.75) is 25.7 Å². The molecule has 0 spiro atoms. The van der Waals surface area contributed by atoms with Crippen LogP contribution in [0.1, 0.15) is 44.7 Å². The molecule has 3 heteroatoms. The fourth-order valence-electron chi connectivity index (χ4n) is 4.38. The molecule has 4 aromatic carbocycles. The van der Waals surface area contributed by atoms with Gasteiger partial charge in [-0.3, -0.25) is 0 Å². The number of cyclic esters (lactones) is 2. The molecule has 0 N–H and O–H groups in total. The van der Waals surface area contributed by atoms with E-state index in [2.05, 4.69) is 53.3 Å². The Balaban J connectivity index is 0.000000142. The number of hydrogen-bond acceptors (Lipinski definition) is 3. The van der Waals surface area contributed by atoms with Gasteiger partial charge in [-0.2, -0.15) is 0 Å². The summed E-state index contributed by atoms with van der Waals surface area (Å²) in [6.45, 7) is 0. The Bertz CT molecular complexity index is 1240. The quantitative estimate of drug-likeness (QED) is 0.218. The van der Waals surface area contributed by atoms with Gasteiger partial charge in [0.1, 0.15) is 0 Å². The topological polar surface area (TPSA) is 43.4 Å². The molecule has 3 nitrogen and oxygen atoms in total. The zero-order valence-corrected chi connectivity index (χ0v) is 16.0. The summed E-state index contributed by atoms with van der Waals surface area (Å²) in [6, 6.07) is 24.5. The highest BCUT2D eigenvalue weighted by Gasteiger charge is 2.28. The van der Waals surface area contributed by atoms with Crippen molar-refractivity contribution < 1.29 is 14.3 Å². The van der Waals surface area contributed by atoms with Gasteiger partial charge in [-0.25, -0.2) is 9.59 Å². The molecule has 0 saturated heterocycles. The minimum Gasteiger partial charge on any atom is -0.386 e. The second-order valence-corrected chi connectivity index (χ2v) is 7.51. The monoisotopic (exact) mass is 380 g/mol. The van der Waals surface area contributed by atoms with Gasteiger partial charge in [-0.05, 0) is 70.5 Å². The van der Waals surface area contributed by atoms with Crippen LogP contribution in [-0.4, -0.2) is 11.9 Å². The number of fused-ring (bicyclic) bond motifs is 6. The second kappa shape index (κ2) is 7.17. The van der Waals surface area contributed by atoms with Crippen LogP contribution < -0.4 is 0 Å². The third-order valence-corrected chi connectivity index (χ3v) is 5.81. The maximum atomic E-state index is 10.8. The molecule has 1 aliphatic heterocycles. The SMILES string of the molecule is O=C1OC(=O)c2ccccc21.c1ccc2c(c1)ccc1c3c(ccc12)CCCC3. The molecule has 0 unspecified atom stereocenters. The lowest BCUT2D eigenvalue weighted by molar-refractivity contribution is 0.0444. The van der Waals surface area contributed by atoms with E-state index in [9.17, 15) is 9.59 Å². The Hall–Kier alpha value is -3.46. The molecule has 2 aliphatic rings. The first kappa shape index (κ1) is 17.6. The van der Waals surface area contributed by atoms with Gasteiger partial charge in [0.25, 0.3) is 0 Å². The first-order valence-corrected chi connectivity index (χ1v) is 10.00. The van der Waals surface area contributed by atoms with Gasteiger partial charge >= 0.3 is 11.9 Å². The van der Waals surface area contributed by atoms with Crippen molar-refractivity contribution in [3.8, 4) is 0 Å². The molecule has 1 heterocycles. The molecule has 0 amide bonds. The molecule has 0 fully saturated rings. The van der Waals surface area contributed by atoms with Crippen LogP contribution in [0, 0.1) is 0 Å². The van der Waals surface area contributed by atoms with Crippen LogP contribution in [0.15, 0.2) is 72.8 Å². The lowest BCUT2D eigenvalue weighted by Crippen LogP contribution is -2.02. The van der Waals surface area contributed by atoms with Crippen molar-refractivity contribution >= 4 is 33.5 Å². The first-order valence-electron chi connectivity index (χ1n) is 10.00. The lowest BCUT2D eigenvalue weighted by atomic mass is 9.86. The summed E-state index contributed by atoms with van der Waals surface area (Å²) >= 11 is 0. The maximum absolute atomic E-state index is 10.8. The van der Waals surface area contributed by atoms with E-state index in [1.807, 2.05) is 0 Å². The van der Waals surface area contributed by atoms with Crippen LogP contribution in [0.3, 0.4) is 0 Å². The minimum absolute atomic E-state index is 0.359. The van der Waals surface area contributed by atoms with E-state index in [-0.39, 0.29) is 0 Å². The van der Waals surface area contributed by atoms with Crippen LogP contribution in [0.2, 0.25) is 0 Å². The number of esters is 2. The van der Waals surface area contributed by atoms with Crippen molar-refractivity contribution in [1.29, 1.82) is 0 Å². The van der Waals surface area contributed by atoms with Crippen LogP contribution in [0.25, 0.3) is 21.5 Å². The summed E-state index contributed by atoms with van der Waals surface area (Å²) in [5.41, 5.74) is 3.89. The van der Waals surface area contributed by atoms with Gasteiger partial charge in [-0.15, -0.1) is 0 Å². The van der Waals surface area contributed by atoms with Crippen molar-refractivity contribution in [3.05, 3.63) is 95.1 Å². The molecule has 0 atom stereocenters. The Kier molecular flexibility index (Phi) is 4.36. The number of rotatable bonds is 0. The molecular weight excluding hydrogens is 360 g/mol. The summed E-state index contributed by atoms with van der Waals surface area (Å²) in [5.74, 6) is -1.10. The van der Waals surface area contributed by atoms with Crippen LogP contribution in [0.4, 0.5) is 0 Å². The first-order chi connectivity index (χ1) is 14.2. The van der Waals surface area contributed by atoms with Crippen molar-refractivity contribution in [1.82, 2.24) is 0 Å².